The maximum atomic E-state index is 14.1. The molecule has 3 heterocycles. The van der Waals surface area contributed by atoms with Gasteiger partial charge in [0, 0.05) is 44.0 Å². The van der Waals surface area contributed by atoms with Gasteiger partial charge >= 0.3 is 5.97 Å². The Hall–Kier alpha value is -11.1. The van der Waals surface area contributed by atoms with Crippen LogP contribution in [-0.4, -0.2) is 242 Å². The fourth-order valence-electron chi connectivity index (χ4n) is 9.91. The maximum absolute atomic E-state index is 14.1. The second kappa shape index (κ2) is 38.9. The summed E-state index contributed by atoms with van der Waals surface area (Å²) in [5.41, 5.74) is 15.8. The lowest BCUT2D eigenvalue weighted by Gasteiger charge is -2.34. The number of anilines is 2. The van der Waals surface area contributed by atoms with E-state index in [0.29, 0.717) is 17.9 Å². The number of aromatic nitrogens is 1. The lowest BCUT2D eigenvalue weighted by Crippen LogP contribution is -2.62. The van der Waals surface area contributed by atoms with Crippen molar-refractivity contribution in [2.75, 3.05) is 50.0 Å². The Morgan fingerprint density at radius 2 is 1.13 bits per heavy atom. The summed E-state index contributed by atoms with van der Waals surface area (Å²) in [5, 5.41) is 83.4. The molecule has 556 valence electrons. The summed E-state index contributed by atoms with van der Waals surface area (Å²) in [6, 6.07) is -13.0. The van der Waals surface area contributed by atoms with E-state index in [4.69, 9.17) is 17.2 Å². The number of primary amides is 2. The van der Waals surface area contributed by atoms with Gasteiger partial charge in [-0.25, -0.2) is 9.86 Å². The van der Waals surface area contributed by atoms with E-state index in [1.807, 2.05) is 10.6 Å². The number of unbranched alkanes of at least 4 members (excludes halogenated alkanes) is 1. The van der Waals surface area contributed by atoms with Gasteiger partial charge in [0.1, 0.15) is 72.3 Å². The number of piperidine rings is 1. The molecule has 0 aromatic rings. The van der Waals surface area contributed by atoms with Crippen LogP contribution in [-0.2, 0) is 81.5 Å². The molecule has 0 saturated carbocycles. The molecule has 3 aliphatic heterocycles. The number of carboxylic acids is 1. The number of carbonyl (C=O) groups is 17. The SMILES string of the molecule is CC(NC(=O)C(C)NC(=O)C(C)NC(=O)C(CO)NC(=O)C(CCC(N)=O)NC(=O)C(NC(=O)CNC(=O)CNC(=O)C(CCCCN)NC(=O)C(C)NC(=O)C1CCNc2c(NC(=O)CCC(N)=O)cc3cc(O)c(=O)cc-3n21)C(O)C(=O)O)C(=O)NC(C)C(=O)NC1CCCN(O)C1=O. The Balaban J connectivity index is 1.33. The number of fused-ring (bicyclic) bond motifs is 3. The van der Waals surface area contributed by atoms with Crippen LogP contribution in [0.5, 0.6) is 5.75 Å². The minimum absolute atomic E-state index is 0.0518. The summed E-state index contributed by atoms with van der Waals surface area (Å²) in [6.45, 7) is 3.46. The highest BCUT2D eigenvalue weighted by molar-refractivity contribution is 6.01. The molecule has 0 radical (unpaired) electrons. The molecule has 1 aliphatic carbocycles. The molecule has 0 aromatic carbocycles. The van der Waals surface area contributed by atoms with Gasteiger partial charge in [0.15, 0.2) is 11.9 Å². The zero-order valence-electron chi connectivity index (χ0n) is 55.7. The van der Waals surface area contributed by atoms with Crippen LogP contribution in [0.3, 0.4) is 0 Å². The molecule has 12 unspecified atom stereocenters. The van der Waals surface area contributed by atoms with Gasteiger partial charge in [0.2, 0.25) is 94.0 Å². The number of aromatic hydroxyl groups is 1. The number of phenols is 1. The summed E-state index contributed by atoms with van der Waals surface area (Å²) < 4.78 is 1.39. The normalized spacial score (nSPS) is 16.9. The number of aliphatic carboxylic acids is 1. The van der Waals surface area contributed by atoms with Crippen molar-refractivity contribution < 1.29 is 107 Å². The van der Waals surface area contributed by atoms with Crippen LogP contribution in [0, 0.1) is 0 Å². The van der Waals surface area contributed by atoms with Crippen molar-refractivity contribution in [2.45, 2.75) is 171 Å². The van der Waals surface area contributed by atoms with Crippen LogP contribution in [0.1, 0.15) is 105 Å². The average Bonchev–Trinajstić information content (AvgIpc) is 0.749. The van der Waals surface area contributed by atoms with Crippen molar-refractivity contribution >= 4 is 112 Å². The van der Waals surface area contributed by atoms with Crippen LogP contribution in [0.2, 0.25) is 0 Å². The van der Waals surface area contributed by atoms with Gasteiger partial charge in [-0.2, -0.15) is 0 Å². The van der Waals surface area contributed by atoms with Gasteiger partial charge in [-0.1, -0.05) is 0 Å². The Morgan fingerprint density at radius 3 is 1.71 bits per heavy atom. The lowest BCUT2D eigenvalue weighted by molar-refractivity contribution is -0.173. The first-order chi connectivity index (χ1) is 47.5. The summed E-state index contributed by atoms with van der Waals surface area (Å²) in [4.78, 5) is 232. The van der Waals surface area contributed by atoms with Crippen molar-refractivity contribution in [1.29, 1.82) is 0 Å². The van der Waals surface area contributed by atoms with E-state index in [0.717, 1.165) is 19.1 Å². The van der Waals surface area contributed by atoms with Crippen molar-refractivity contribution in [3.8, 4) is 17.0 Å². The molecular formula is C59H87N19O23. The van der Waals surface area contributed by atoms with Crippen LogP contribution >= 0.6 is 0 Å². The highest BCUT2D eigenvalue weighted by Gasteiger charge is 2.39. The number of carbonyl (C=O) groups excluding carboxylic acids is 16. The first kappa shape index (κ1) is 82.3. The Labute approximate surface area is 574 Å². The van der Waals surface area contributed by atoms with Gasteiger partial charge in [0.25, 0.3) is 5.91 Å². The summed E-state index contributed by atoms with van der Waals surface area (Å²) in [6.07, 6.45) is -3.41. The second-order valence-corrected chi connectivity index (χ2v) is 23.7. The molecule has 42 nitrogen and oxygen atoms in total. The molecule has 1 saturated heterocycles. The van der Waals surface area contributed by atoms with E-state index in [1.165, 1.54) is 38.3 Å². The standard InChI is InChI=1S/C59H87N19O23/c1-25(48(88)66-26(2)49(89)68-28(4)52(92)74-33-10-8-18-77(101)58(33)98)67-50(90)27(3)69-55(95)35(24-79)75-54(94)32(11-12-40(61)82)73-57(97)45(46(87)59(99)100)76-44(86)23-64-43(85)22-65-53(93)31(9-6-7-16-60)72-51(91)29(5)70-56(96)36-15-17-63-47-34(71-42(84)14-13-41(62)83)19-30-20-38(80)39(81)21-37(30)78(36)47/h19-21,25-29,31-33,35-36,45-46,63,79-80,87,101H,6-18,22-24,60H2,1-5H3,(H2,61,82)(H2,62,83)(H,64,85)(H,65,93)(H,66,88)(H,67,90)(H,68,89)(H,69,95)(H,70,96)(H,71,84)(H,72,91)(H,73,97)(H,74,92)(H,75,94)(H,76,86)(H,99,100). The molecule has 101 heavy (non-hydrogen) atoms. The first-order valence-corrected chi connectivity index (χ1v) is 31.8. The number of amides is 16. The molecule has 0 bridgehead atoms. The van der Waals surface area contributed by atoms with E-state index in [1.54, 1.807) is 0 Å². The van der Waals surface area contributed by atoms with Gasteiger partial charge in [0.05, 0.1) is 31.1 Å². The van der Waals surface area contributed by atoms with E-state index >= 15 is 0 Å². The molecule has 1 fully saturated rings. The zero-order chi connectivity index (χ0) is 75.7. The van der Waals surface area contributed by atoms with Crippen molar-refractivity contribution in [2.24, 2.45) is 17.2 Å². The third-order valence-corrected chi connectivity index (χ3v) is 15.6. The number of benzene rings is 1. The minimum Gasteiger partial charge on any atom is -0.504 e. The minimum atomic E-state index is -2.77. The van der Waals surface area contributed by atoms with Gasteiger partial charge in [-0.3, -0.25) is 86.7 Å². The number of phenolic OH excluding ortho intramolecular Hbond substituents is 1. The van der Waals surface area contributed by atoms with Crippen molar-refractivity contribution in [1.82, 2.24) is 73.4 Å². The number of aliphatic hydroxyl groups is 2. The summed E-state index contributed by atoms with van der Waals surface area (Å²) in [5.74, 6) is -18.5. The Bertz CT molecular complexity index is 3500. The quantitative estimate of drug-likeness (QED) is 0.0219. The van der Waals surface area contributed by atoms with Crippen molar-refractivity contribution in [3.05, 3.63) is 28.4 Å². The second-order valence-electron chi connectivity index (χ2n) is 23.7. The van der Waals surface area contributed by atoms with E-state index in [9.17, 15) is 112 Å². The topological polar surface area (TPSA) is 663 Å². The number of nitrogens with zero attached hydrogens (tertiary/aromatic N) is 2. The molecule has 12 atom stereocenters. The fraction of sp³-hybridized carbons (Fsp3) is 0.559. The zero-order valence-corrected chi connectivity index (χ0v) is 55.7. The van der Waals surface area contributed by atoms with Gasteiger partial charge in [-0.05, 0) is 98.2 Å². The largest absolute Gasteiger partial charge is 0.504 e. The number of hydrogen-bond donors (Lipinski definition) is 22. The third kappa shape index (κ3) is 25.0. The van der Waals surface area contributed by atoms with Gasteiger partial charge in [-0.15, -0.1) is 0 Å². The maximum Gasteiger partial charge on any atom is 0.335 e. The number of hydrogen-bond acceptors (Lipinski definition) is 24. The molecule has 0 spiro atoms. The number of aliphatic hydroxyl groups excluding tert-OH is 2. The van der Waals surface area contributed by atoms with E-state index in [-0.39, 0.29) is 80.9 Å². The van der Waals surface area contributed by atoms with Gasteiger partial charge < -0.3 is 117 Å². The predicted molar refractivity (Wildman–Crippen MR) is 347 cm³/mol. The van der Waals surface area contributed by atoms with E-state index in [2.05, 4.69) is 63.8 Å². The Kier molecular flexibility index (Phi) is 31.7. The predicted octanol–water partition coefficient (Wildman–Crippen LogP) is -9.76. The van der Waals surface area contributed by atoms with Crippen LogP contribution < -0.4 is 97.1 Å². The molecule has 16 amide bonds. The molecule has 25 N–H and O–H groups in total. The average molecular weight is 1430 g/mol. The monoisotopic (exact) mass is 1430 g/mol. The van der Waals surface area contributed by atoms with Crippen LogP contribution in [0.4, 0.5) is 11.5 Å². The van der Waals surface area contributed by atoms with Crippen LogP contribution in [0.15, 0.2) is 23.0 Å². The highest BCUT2D eigenvalue weighted by atomic mass is 16.5. The van der Waals surface area contributed by atoms with E-state index < -0.39 is 217 Å². The fourth-order valence-corrected chi connectivity index (χ4v) is 9.91. The number of hydroxylamine groups is 2. The third-order valence-electron chi connectivity index (χ3n) is 15.6. The lowest BCUT2D eigenvalue weighted by atomic mass is 10.0. The highest BCUT2D eigenvalue weighted by Crippen LogP contribution is 2.40. The molecule has 4 aliphatic rings. The number of rotatable bonds is 38. The molecular weight excluding hydrogens is 1340 g/mol. The number of carboxylic acid groups (broad SMARTS) is 1. The smallest absolute Gasteiger partial charge is 0.335 e. The number of nitrogens with one attached hydrogen (secondary N) is 14. The number of nitrogens with two attached hydrogens (primary N) is 3. The molecule has 42 heteroatoms. The summed E-state index contributed by atoms with van der Waals surface area (Å²) >= 11 is 0. The first-order valence-electron chi connectivity index (χ1n) is 31.8. The van der Waals surface area contributed by atoms with Crippen molar-refractivity contribution in [3.63, 3.8) is 0 Å². The summed E-state index contributed by atoms with van der Waals surface area (Å²) in [7, 11) is 0. The molecule has 4 rings (SSSR count). The Morgan fingerprint density at radius 1 is 0.594 bits per heavy atom. The van der Waals surface area contributed by atoms with Crippen LogP contribution in [0.25, 0.3) is 11.3 Å². The molecule has 0 aromatic heterocycles. The number of pyridine rings is 1.